The van der Waals surface area contributed by atoms with E-state index in [1.54, 1.807) is 0 Å². The Morgan fingerprint density at radius 2 is 1.40 bits per heavy atom. The lowest BCUT2D eigenvalue weighted by Gasteiger charge is -2.15. The van der Waals surface area contributed by atoms with Gasteiger partial charge in [0.05, 0.1) is 4.58 Å². The molecule has 0 atom stereocenters. The molecule has 0 bridgehead atoms. The van der Waals surface area contributed by atoms with E-state index in [4.69, 9.17) is 5.11 Å². The Morgan fingerprint density at radius 3 is 1.80 bits per heavy atom. The molecular formula is C16H32O2S2. The molecule has 0 saturated carbocycles. The van der Waals surface area contributed by atoms with Crippen LogP contribution >= 0.6 is 23.5 Å². The topological polar surface area (TPSA) is 37.3 Å². The number of aliphatic carboxylic acids is 1. The standard InChI is InChI=1S/C16H32O2S2/c1-3-5-7-9-13-19-16(12-11-15(17)18)20-14-10-8-6-4-2/h16H,3-14H2,1-2H3,(H,17,18). The van der Waals surface area contributed by atoms with Gasteiger partial charge in [0.1, 0.15) is 0 Å². The van der Waals surface area contributed by atoms with E-state index >= 15 is 0 Å². The number of hydrogen-bond acceptors (Lipinski definition) is 3. The number of carboxylic acid groups (broad SMARTS) is 1. The van der Waals surface area contributed by atoms with Crippen LogP contribution in [0.1, 0.15) is 78.1 Å². The summed E-state index contributed by atoms with van der Waals surface area (Å²) in [5.74, 6) is 1.71. The average molecular weight is 321 g/mol. The zero-order valence-corrected chi connectivity index (χ0v) is 14.9. The van der Waals surface area contributed by atoms with E-state index in [0.29, 0.717) is 11.0 Å². The Hall–Kier alpha value is 0.170. The molecule has 0 amide bonds. The van der Waals surface area contributed by atoms with Gasteiger partial charge in [0.25, 0.3) is 0 Å². The summed E-state index contributed by atoms with van der Waals surface area (Å²) in [6.45, 7) is 4.46. The fourth-order valence-corrected chi connectivity index (χ4v) is 4.74. The first-order valence-electron chi connectivity index (χ1n) is 8.15. The van der Waals surface area contributed by atoms with Crippen LogP contribution in [0.15, 0.2) is 0 Å². The van der Waals surface area contributed by atoms with Gasteiger partial charge in [-0.3, -0.25) is 4.79 Å². The summed E-state index contributed by atoms with van der Waals surface area (Å²) in [4.78, 5) is 10.7. The molecule has 0 radical (unpaired) electrons. The molecule has 0 aromatic heterocycles. The third-order valence-electron chi connectivity index (χ3n) is 3.20. The molecule has 0 aliphatic rings. The van der Waals surface area contributed by atoms with Crippen molar-refractivity contribution in [2.75, 3.05) is 11.5 Å². The molecule has 120 valence electrons. The molecule has 0 fully saturated rings. The number of unbranched alkanes of at least 4 members (excludes halogenated alkanes) is 6. The van der Waals surface area contributed by atoms with Crippen molar-refractivity contribution in [3.63, 3.8) is 0 Å². The summed E-state index contributed by atoms with van der Waals surface area (Å²) in [7, 11) is 0. The van der Waals surface area contributed by atoms with Gasteiger partial charge in [-0.1, -0.05) is 52.4 Å². The van der Waals surface area contributed by atoms with Crippen LogP contribution in [-0.2, 0) is 4.79 Å². The van der Waals surface area contributed by atoms with Crippen molar-refractivity contribution >= 4 is 29.5 Å². The van der Waals surface area contributed by atoms with Crippen LogP contribution in [0.4, 0.5) is 0 Å². The molecule has 0 rings (SSSR count). The summed E-state index contributed by atoms with van der Waals surface area (Å²) in [5.41, 5.74) is 0. The van der Waals surface area contributed by atoms with Gasteiger partial charge in [-0.25, -0.2) is 0 Å². The Kier molecular flexibility index (Phi) is 15.7. The Morgan fingerprint density at radius 1 is 0.900 bits per heavy atom. The molecule has 0 aliphatic carbocycles. The second kappa shape index (κ2) is 15.6. The maximum absolute atomic E-state index is 10.7. The van der Waals surface area contributed by atoms with E-state index in [2.05, 4.69) is 13.8 Å². The zero-order valence-electron chi connectivity index (χ0n) is 13.2. The third-order valence-corrected chi connectivity index (χ3v) is 6.28. The van der Waals surface area contributed by atoms with Crippen LogP contribution in [0.5, 0.6) is 0 Å². The molecular weight excluding hydrogens is 288 g/mol. The van der Waals surface area contributed by atoms with Crippen molar-refractivity contribution < 1.29 is 9.90 Å². The van der Waals surface area contributed by atoms with E-state index in [1.807, 2.05) is 23.5 Å². The average Bonchev–Trinajstić information content (AvgIpc) is 2.43. The quantitative estimate of drug-likeness (QED) is 0.305. The molecule has 0 saturated heterocycles. The summed E-state index contributed by atoms with van der Waals surface area (Å²) in [6, 6.07) is 0. The van der Waals surface area contributed by atoms with Crippen LogP contribution in [0, 0.1) is 0 Å². The normalized spacial score (nSPS) is 11.2. The predicted molar refractivity (Wildman–Crippen MR) is 93.9 cm³/mol. The Balaban J connectivity index is 3.73. The first-order chi connectivity index (χ1) is 9.70. The molecule has 0 aromatic carbocycles. The Bertz CT molecular complexity index is 209. The number of hydrogen-bond donors (Lipinski definition) is 1. The van der Waals surface area contributed by atoms with Gasteiger partial charge in [-0.15, -0.1) is 23.5 Å². The van der Waals surface area contributed by atoms with E-state index in [1.165, 1.54) is 62.9 Å². The van der Waals surface area contributed by atoms with Crippen molar-refractivity contribution in [3.8, 4) is 0 Å². The fourth-order valence-electron chi connectivity index (χ4n) is 1.94. The zero-order chi connectivity index (χ0) is 15.1. The summed E-state index contributed by atoms with van der Waals surface area (Å²) < 4.78 is 0.481. The van der Waals surface area contributed by atoms with Gasteiger partial charge in [0.15, 0.2) is 0 Å². The van der Waals surface area contributed by atoms with Gasteiger partial charge in [-0.05, 0) is 30.8 Å². The molecule has 0 aliphatic heterocycles. The van der Waals surface area contributed by atoms with Gasteiger partial charge in [-0.2, -0.15) is 0 Å². The van der Waals surface area contributed by atoms with Gasteiger partial charge < -0.3 is 5.11 Å². The highest BCUT2D eigenvalue weighted by Crippen LogP contribution is 2.30. The van der Waals surface area contributed by atoms with Crippen molar-refractivity contribution in [2.24, 2.45) is 0 Å². The van der Waals surface area contributed by atoms with Gasteiger partial charge in [0, 0.05) is 6.42 Å². The van der Waals surface area contributed by atoms with E-state index < -0.39 is 5.97 Å². The van der Waals surface area contributed by atoms with Crippen LogP contribution < -0.4 is 0 Å². The minimum absolute atomic E-state index is 0.314. The molecule has 20 heavy (non-hydrogen) atoms. The lowest BCUT2D eigenvalue weighted by atomic mass is 10.2. The maximum atomic E-state index is 10.7. The second-order valence-corrected chi connectivity index (χ2v) is 8.14. The third kappa shape index (κ3) is 14.6. The van der Waals surface area contributed by atoms with Crippen LogP contribution in [0.2, 0.25) is 0 Å². The van der Waals surface area contributed by atoms with E-state index in [9.17, 15) is 4.79 Å². The van der Waals surface area contributed by atoms with Crippen molar-refractivity contribution in [1.29, 1.82) is 0 Å². The Labute approximate surface area is 133 Å². The minimum atomic E-state index is -0.659. The predicted octanol–water partition coefficient (Wildman–Crippen LogP) is 5.80. The first kappa shape index (κ1) is 20.2. The summed E-state index contributed by atoms with van der Waals surface area (Å²) >= 11 is 3.95. The van der Waals surface area contributed by atoms with Crippen LogP contribution in [0.25, 0.3) is 0 Å². The maximum Gasteiger partial charge on any atom is 0.303 e. The number of thioether (sulfide) groups is 2. The number of carbonyl (C=O) groups is 1. The lowest BCUT2D eigenvalue weighted by molar-refractivity contribution is -0.137. The second-order valence-electron chi connectivity index (χ2n) is 5.22. The number of rotatable bonds is 15. The summed E-state index contributed by atoms with van der Waals surface area (Å²) in [6.07, 6.45) is 11.5. The summed E-state index contributed by atoms with van der Waals surface area (Å²) in [5, 5.41) is 8.83. The molecule has 4 heteroatoms. The van der Waals surface area contributed by atoms with Gasteiger partial charge >= 0.3 is 5.97 Å². The van der Waals surface area contributed by atoms with Crippen LogP contribution in [-0.4, -0.2) is 27.2 Å². The fraction of sp³-hybridized carbons (Fsp3) is 0.938. The van der Waals surface area contributed by atoms with Gasteiger partial charge in [0.2, 0.25) is 0 Å². The lowest BCUT2D eigenvalue weighted by Crippen LogP contribution is -2.05. The molecule has 1 N–H and O–H groups in total. The first-order valence-corrected chi connectivity index (χ1v) is 10.3. The molecule has 0 heterocycles. The van der Waals surface area contributed by atoms with E-state index in [-0.39, 0.29) is 0 Å². The van der Waals surface area contributed by atoms with E-state index in [0.717, 1.165) is 6.42 Å². The minimum Gasteiger partial charge on any atom is -0.481 e. The molecule has 2 nitrogen and oxygen atoms in total. The number of carboxylic acids is 1. The van der Waals surface area contributed by atoms with Crippen molar-refractivity contribution in [3.05, 3.63) is 0 Å². The van der Waals surface area contributed by atoms with Crippen molar-refractivity contribution in [2.45, 2.75) is 82.6 Å². The largest absolute Gasteiger partial charge is 0.481 e. The van der Waals surface area contributed by atoms with Crippen molar-refractivity contribution in [1.82, 2.24) is 0 Å². The monoisotopic (exact) mass is 320 g/mol. The van der Waals surface area contributed by atoms with Crippen LogP contribution in [0.3, 0.4) is 0 Å². The highest BCUT2D eigenvalue weighted by atomic mass is 32.2. The highest BCUT2D eigenvalue weighted by Gasteiger charge is 2.11. The molecule has 0 unspecified atom stereocenters. The SMILES string of the molecule is CCCCCCSC(CCC(=O)O)SCCCCCC. The molecule has 0 spiro atoms. The molecule has 0 aromatic rings. The smallest absolute Gasteiger partial charge is 0.303 e. The highest BCUT2D eigenvalue weighted by molar-refractivity contribution is 8.17.